The molecule has 1 aromatic rings. The van der Waals surface area contributed by atoms with Crippen molar-refractivity contribution in [1.82, 2.24) is 0 Å². The Kier molecular flexibility index (Phi) is 9.77. The third-order valence-electron chi connectivity index (χ3n) is 16.2. The first-order chi connectivity index (χ1) is 25.6. The number of allylic oxidation sites excluding steroid dienone is 1. The van der Waals surface area contributed by atoms with Gasteiger partial charge in [0.15, 0.2) is 11.5 Å². The Bertz CT molecular complexity index is 1960. The van der Waals surface area contributed by atoms with Gasteiger partial charge in [0.05, 0.1) is 29.4 Å². The van der Waals surface area contributed by atoms with E-state index in [9.17, 15) is 19.5 Å². The molecule has 0 radical (unpaired) electrons. The number of benzene rings is 1. The smallest absolute Gasteiger partial charge is 0.309 e. The van der Waals surface area contributed by atoms with Crippen LogP contribution in [0.5, 0.6) is 0 Å². The van der Waals surface area contributed by atoms with E-state index < -0.39 is 28.6 Å². The lowest BCUT2D eigenvalue weighted by Gasteiger charge is -2.72. The lowest BCUT2D eigenvalue weighted by atomic mass is 9.33. The summed E-state index contributed by atoms with van der Waals surface area (Å²) in [6.45, 7) is 19.8. The molecule has 4 fully saturated rings. The Morgan fingerprint density at radius 2 is 1.76 bits per heavy atom. The zero-order valence-electron chi connectivity index (χ0n) is 34.2. The molecule has 1 N–H and O–H groups in total. The molecule has 1 aromatic carbocycles. The maximum Gasteiger partial charge on any atom is 0.309 e. The fourth-order valence-electron chi connectivity index (χ4n) is 13.2. The molecule has 6 aliphatic rings. The van der Waals surface area contributed by atoms with E-state index in [1.807, 2.05) is 0 Å². The molecule has 7 rings (SSSR count). The molecule has 0 saturated heterocycles. The van der Waals surface area contributed by atoms with Crippen LogP contribution in [0.4, 0.5) is 4.39 Å². The fourth-order valence-corrected chi connectivity index (χ4v) is 13.3. The lowest BCUT2D eigenvalue weighted by Crippen LogP contribution is -2.66. The minimum Gasteiger partial charge on any atom is -0.481 e. The van der Waals surface area contributed by atoms with Crippen LogP contribution in [0.1, 0.15) is 132 Å². The average Bonchev–Trinajstić information content (AvgIpc) is 3.20. The summed E-state index contributed by atoms with van der Waals surface area (Å²) in [6, 6.07) is 4.53. The van der Waals surface area contributed by atoms with E-state index in [1.165, 1.54) is 11.6 Å². The highest BCUT2D eigenvalue weighted by atomic mass is 35.5. The Hall–Kier alpha value is -3.22. The minimum absolute atomic E-state index is 0.00959. The second-order valence-corrected chi connectivity index (χ2v) is 20.5. The van der Waals surface area contributed by atoms with Crippen LogP contribution in [0.3, 0.4) is 0 Å². The summed E-state index contributed by atoms with van der Waals surface area (Å²) in [5, 5.41) is 9.93. The number of fused-ring (bicyclic) bond motifs is 7. The van der Waals surface area contributed by atoms with Gasteiger partial charge in [0.25, 0.3) is 0 Å². The molecule has 9 heteroatoms. The number of nitrogens with zero attached hydrogens (tertiary/aromatic N) is 1. The van der Waals surface area contributed by atoms with Gasteiger partial charge in [0.2, 0.25) is 5.90 Å². The third-order valence-corrected chi connectivity index (χ3v) is 16.4. The molecular formula is C46H59ClFNO6. The standard InChI is InChI=1S/C46H59ClFNO6/c1-26(2)37-31(50)24-46(39-49-22-10-11-32(54-39)28-13-12-27(47)23-30(28)48)21-20-44(8)29(38(37)46)14-15-34-43(7)18-17-35(55-36(51)25-41(3,4)40(52)53)42(5,6)33(43)16-19-45(34,44)9/h10,12-13,23,26,29,33-35H,14-22,24-25H2,1-9H3,(H,52,53). The second kappa shape index (κ2) is 13.4. The number of carbonyl (C=O) groups excluding carboxylic acids is 2. The normalized spacial score (nSPS) is 36.8. The van der Waals surface area contributed by atoms with Crippen LogP contribution in [-0.4, -0.2) is 41.4 Å². The van der Waals surface area contributed by atoms with Crippen molar-refractivity contribution < 1.29 is 33.4 Å². The van der Waals surface area contributed by atoms with Gasteiger partial charge in [0.1, 0.15) is 11.9 Å². The van der Waals surface area contributed by atoms with Crippen LogP contribution in [0.15, 0.2) is 46.1 Å². The predicted molar refractivity (Wildman–Crippen MR) is 212 cm³/mol. The fraction of sp³-hybridized carbons (Fsp3) is 0.674. The number of carbonyl (C=O) groups is 3. The number of Topliss-reactive ketones (excluding diaryl/α,β-unsaturated/α-hetero) is 1. The zero-order chi connectivity index (χ0) is 40.1. The highest BCUT2D eigenvalue weighted by molar-refractivity contribution is 6.30. The summed E-state index contributed by atoms with van der Waals surface area (Å²) in [7, 11) is 0. The van der Waals surface area contributed by atoms with Crippen molar-refractivity contribution in [3.05, 3.63) is 57.6 Å². The van der Waals surface area contributed by atoms with Crippen LogP contribution in [0.2, 0.25) is 5.02 Å². The molecule has 4 saturated carbocycles. The summed E-state index contributed by atoms with van der Waals surface area (Å²) in [5.74, 6) is -0.0281. The van der Waals surface area contributed by atoms with Crippen molar-refractivity contribution in [3.8, 4) is 0 Å². The van der Waals surface area contributed by atoms with E-state index in [0.29, 0.717) is 35.7 Å². The molecule has 298 valence electrons. The average molecular weight is 776 g/mol. The number of carboxylic acid groups (broad SMARTS) is 1. The molecule has 1 heterocycles. The molecule has 0 spiro atoms. The number of hydrogen-bond donors (Lipinski definition) is 1. The van der Waals surface area contributed by atoms with Gasteiger partial charge in [-0.15, -0.1) is 0 Å². The van der Waals surface area contributed by atoms with Crippen LogP contribution in [0, 0.1) is 62.0 Å². The van der Waals surface area contributed by atoms with Gasteiger partial charge in [-0.3, -0.25) is 14.4 Å². The van der Waals surface area contributed by atoms with Gasteiger partial charge in [-0.05, 0) is 141 Å². The monoisotopic (exact) mass is 775 g/mol. The van der Waals surface area contributed by atoms with Gasteiger partial charge in [-0.25, -0.2) is 9.38 Å². The number of ketones is 1. The lowest BCUT2D eigenvalue weighted by molar-refractivity contribution is -0.232. The molecule has 1 aliphatic heterocycles. The first-order valence-corrected chi connectivity index (χ1v) is 20.8. The topological polar surface area (TPSA) is 102 Å². The van der Waals surface area contributed by atoms with Crippen LogP contribution >= 0.6 is 11.6 Å². The zero-order valence-corrected chi connectivity index (χ0v) is 34.9. The van der Waals surface area contributed by atoms with Crippen LogP contribution in [-0.2, 0) is 23.9 Å². The molecular weight excluding hydrogens is 717 g/mol. The summed E-state index contributed by atoms with van der Waals surface area (Å²) >= 11 is 6.10. The molecule has 0 amide bonds. The Morgan fingerprint density at radius 1 is 1.04 bits per heavy atom. The number of rotatable bonds is 7. The maximum atomic E-state index is 15.3. The third kappa shape index (κ3) is 6.01. The number of carboxylic acids is 1. The number of esters is 1. The highest BCUT2D eigenvalue weighted by Crippen LogP contribution is 2.77. The Balaban J connectivity index is 1.21. The van der Waals surface area contributed by atoms with Crippen molar-refractivity contribution in [2.24, 2.45) is 61.2 Å². The van der Waals surface area contributed by atoms with E-state index in [4.69, 9.17) is 26.1 Å². The number of halogens is 2. The van der Waals surface area contributed by atoms with Crippen molar-refractivity contribution in [2.45, 2.75) is 133 Å². The number of ether oxygens (including phenoxy) is 2. The van der Waals surface area contributed by atoms with E-state index in [1.54, 1.807) is 32.1 Å². The van der Waals surface area contributed by atoms with E-state index in [-0.39, 0.29) is 63.1 Å². The molecule has 5 aliphatic carbocycles. The summed E-state index contributed by atoms with van der Waals surface area (Å²) < 4.78 is 28.1. The number of aliphatic carboxylic acids is 1. The Labute approximate surface area is 331 Å². The summed E-state index contributed by atoms with van der Waals surface area (Å²) in [5.41, 5.74) is 3.31. The van der Waals surface area contributed by atoms with Crippen molar-refractivity contribution in [1.29, 1.82) is 0 Å². The summed E-state index contributed by atoms with van der Waals surface area (Å²) in [6.07, 6.45) is 9.04. The largest absolute Gasteiger partial charge is 0.481 e. The van der Waals surface area contributed by atoms with E-state index in [0.717, 1.165) is 56.9 Å². The SMILES string of the molecule is CC(C)C1=C2C3CCC4C5(C)CCC(OC(=O)CC(C)(C)C(=O)O)C(C)(C)C5CCC4(C)C3(C)CCC2(C2=NCC=C=C(c3ccc(Cl)cc3F)O2)CC1=O. The van der Waals surface area contributed by atoms with E-state index in [2.05, 4.69) is 54.2 Å². The van der Waals surface area contributed by atoms with Gasteiger partial charge < -0.3 is 14.6 Å². The molecule has 0 aromatic heterocycles. The Morgan fingerprint density at radius 3 is 2.44 bits per heavy atom. The minimum atomic E-state index is -1.18. The van der Waals surface area contributed by atoms with Crippen molar-refractivity contribution in [2.75, 3.05) is 6.54 Å². The number of aliphatic imine (C=N–C) groups is 1. The molecule has 0 bridgehead atoms. The van der Waals surface area contributed by atoms with Gasteiger partial charge in [-0.1, -0.05) is 65.8 Å². The number of hydrogen-bond acceptors (Lipinski definition) is 6. The van der Waals surface area contributed by atoms with Crippen LogP contribution in [0.25, 0.3) is 5.76 Å². The van der Waals surface area contributed by atoms with Gasteiger partial charge >= 0.3 is 11.9 Å². The highest BCUT2D eigenvalue weighted by Gasteiger charge is 2.71. The molecule has 8 atom stereocenters. The first kappa shape index (κ1) is 40.0. The predicted octanol–water partition coefficient (Wildman–Crippen LogP) is 10.8. The second-order valence-electron chi connectivity index (χ2n) is 20.0. The summed E-state index contributed by atoms with van der Waals surface area (Å²) in [4.78, 5) is 44.2. The van der Waals surface area contributed by atoms with Gasteiger partial charge in [0, 0.05) is 16.9 Å². The first-order valence-electron chi connectivity index (χ1n) is 20.5. The van der Waals surface area contributed by atoms with Crippen molar-refractivity contribution >= 4 is 41.0 Å². The molecule has 8 unspecified atom stereocenters. The van der Waals surface area contributed by atoms with Crippen LogP contribution < -0.4 is 0 Å². The molecule has 7 nitrogen and oxygen atoms in total. The van der Waals surface area contributed by atoms with E-state index >= 15 is 4.39 Å². The molecule has 55 heavy (non-hydrogen) atoms. The van der Waals surface area contributed by atoms with Gasteiger partial charge in [-0.2, -0.15) is 0 Å². The quantitative estimate of drug-likeness (QED) is 0.219. The van der Waals surface area contributed by atoms with Crippen molar-refractivity contribution in [3.63, 3.8) is 0 Å². The maximum absolute atomic E-state index is 15.3.